The summed E-state index contributed by atoms with van der Waals surface area (Å²) in [5, 5.41) is 0. The van der Waals surface area contributed by atoms with Gasteiger partial charge in [0.1, 0.15) is 0 Å². The Morgan fingerprint density at radius 1 is 0.586 bits per heavy atom. The first-order valence-corrected chi connectivity index (χ1v) is 10.2. The van der Waals surface area contributed by atoms with Gasteiger partial charge in [0.25, 0.3) is 0 Å². The van der Waals surface area contributed by atoms with Crippen LogP contribution in [-0.2, 0) is 46.7 Å². The van der Waals surface area contributed by atoms with Gasteiger partial charge in [0.15, 0.2) is 0 Å². The highest BCUT2D eigenvalue weighted by Gasteiger charge is 2.26. The number of carbonyl (C=O) groups excluding carboxylic acids is 3. The van der Waals surface area contributed by atoms with Gasteiger partial charge in [-0.25, -0.2) is 18.9 Å². The van der Waals surface area contributed by atoms with E-state index >= 15 is 0 Å². The van der Waals surface area contributed by atoms with Crippen molar-refractivity contribution in [3.05, 3.63) is 38.0 Å². The fraction of sp³-hybridized carbons (Fsp3) is 0.500. The van der Waals surface area contributed by atoms with Crippen LogP contribution in [0, 0.1) is 0 Å². The van der Waals surface area contributed by atoms with E-state index in [2.05, 4.69) is 19.7 Å². The van der Waals surface area contributed by atoms with E-state index in [0.717, 1.165) is 18.2 Å². The number of phosphoric ester groups is 1. The molecule has 0 unspecified atom stereocenters. The Morgan fingerprint density at radius 3 is 1.10 bits per heavy atom. The van der Waals surface area contributed by atoms with Gasteiger partial charge in [-0.15, -0.1) is 0 Å². The average Bonchev–Trinajstić information content (AvgIpc) is 2.72. The molecule has 10 nitrogen and oxygen atoms in total. The molecule has 0 aromatic heterocycles. The lowest BCUT2D eigenvalue weighted by Crippen LogP contribution is -2.10. The fourth-order valence-corrected chi connectivity index (χ4v) is 2.79. The van der Waals surface area contributed by atoms with Crippen molar-refractivity contribution in [1.82, 2.24) is 0 Å². The highest BCUT2D eigenvalue weighted by molar-refractivity contribution is 7.48. The summed E-state index contributed by atoms with van der Waals surface area (Å²) in [6.45, 7) is 9.75. The standard InChI is InChI=1S/C18H27O10P/c1-4-16(19)23-10-7-13-26-29(22,27-14-8-11-24-17(20)5-2)28-15-9-12-25-18(21)6-3/h4-6H,1-3,7-15H2. The summed E-state index contributed by atoms with van der Waals surface area (Å²) in [4.78, 5) is 32.8. The second-order valence-corrected chi connectivity index (χ2v) is 6.79. The molecule has 0 rings (SSSR count). The summed E-state index contributed by atoms with van der Waals surface area (Å²) >= 11 is 0. The summed E-state index contributed by atoms with van der Waals surface area (Å²) in [5.74, 6) is -1.74. The van der Waals surface area contributed by atoms with Crippen LogP contribution in [0.1, 0.15) is 19.3 Å². The highest BCUT2D eigenvalue weighted by atomic mass is 31.2. The first kappa shape index (κ1) is 26.7. The summed E-state index contributed by atoms with van der Waals surface area (Å²) < 4.78 is 42.5. The summed E-state index contributed by atoms with van der Waals surface area (Å²) in [7, 11) is -3.91. The van der Waals surface area contributed by atoms with Gasteiger partial charge < -0.3 is 14.2 Å². The maximum absolute atomic E-state index is 12.6. The van der Waals surface area contributed by atoms with E-state index in [4.69, 9.17) is 27.8 Å². The lowest BCUT2D eigenvalue weighted by molar-refractivity contribution is -0.138. The van der Waals surface area contributed by atoms with Gasteiger partial charge in [-0.2, -0.15) is 0 Å². The Kier molecular flexibility index (Phi) is 15.4. The molecule has 0 aliphatic carbocycles. The molecule has 11 heteroatoms. The number of carbonyl (C=O) groups is 3. The molecule has 0 saturated heterocycles. The molecule has 0 spiro atoms. The Balaban J connectivity index is 4.34. The number of hydrogen-bond acceptors (Lipinski definition) is 10. The van der Waals surface area contributed by atoms with Crippen molar-refractivity contribution in [2.24, 2.45) is 0 Å². The second-order valence-electron chi connectivity index (χ2n) is 5.12. The van der Waals surface area contributed by atoms with Crippen LogP contribution >= 0.6 is 7.82 Å². The van der Waals surface area contributed by atoms with Crippen LogP contribution in [0.25, 0.3) is 0 Å². The largest absolute Gasteiger partial charge is 0.474 e. The molecule has 0 amide bonds. The van der Waals surface area contributed by atoms with Crippen molar-refractivity contribution in [2.75, 3.05) is 39.6 Å². The number of esters is 3. The van der Waals surface area contributed by atoms with E-state index in [-0.39, 0.29) is 58.9 Å². The molecule has 0 aromatic carbocycles. The smallest absolute Gasteiger partial charge is 0.462 e. The number of ether oxygens (including phenoxy) is 3. The van der Waals surface area contributed by atoms with Gasteiger partial charge >= 0.3 is 25.7 Å². The van der Waals surface area contributed by atoms with Crippen molar-refractivity contribution in [2.45, 2.75) is 19.3 Å². The van der Waals surface area contributed by atoms with Crippen molar-refractivity contribution in [3.8, 4) is 0 Å². The third-order valence-corrected chi connectivity index (χ3v) is 4.34. The second kappa shape index (κ2) is 16.7. The number of rotatable bonds is 18. The maximum atomic E-state index is 12.6. The zero-order valence-corrected chi connectivity index (χ0v) is 17.1. The van der Waals surface area contributed by atoms with Gasteiger partial charge in [-0.05, 0) is 0 Å². The molecule has 0 atom stereocenters. The fourth-order valence-electron chi connectivity index (χ4n) is 1.51. The molecule has 0 aliphatic heterocycles. The molecular formula is C18H27O10P. The number of phosphoric acid groups is 1. The normalized spacial score (nSPS) is 10.6. The van der Waals surface area contributed by atoms with Crippen molar-refractivity contribution >= 4 is 25.7 Å². The molecule has 0 aliphatic rings. The third-order valence-electron chi connectivity index (χ3n) is 2.85. The minimum absolute atomic E-state index is 0.0415. The van der Waals surface area contributed by atoms with E-state index in [1.54, 1.807) is 0 Å². The highest BCUT2D eigenvalue weighted by Crippen LogP contribution is 2.49. The Bertz CT molecular complexity index is 521. The van der Waals surface area contributed by atoms with Crippen molar-refractivity contribution in [1.29, 1.82) is 0 Å². The molecule has 0 saturated carbocycles. The summed E-state index contributed by atoms with van der Waals surface area (Å²) in [6, 6.07) is 0. The zero-order valence-electron chi connectivity index (χ0n) is 16.2. The van der Waals surface area contributed by atoms with Crippen LogP contribution < -0.4 is 0 Å². The van der Waals surface area contributed by atoms with Crippen LogP contribution in [-0.4, -0.2) is 57.5 Å². The topological polar surface area (TPSA) is 124 Å². The monoisotopic (exact) mass is 434 g/mol. The van der Waals surface area contributed by atoms with Crippen LogP contribution in [0.2, 0.25) is 0 Å². The van der Waals surface area contributed by atoms with Crippen LogP contribution in [0.15, 0.2) is 38.0 Å². The van der Waals surface area contributed by atoms with E-state index in [0.29, 0.717) is 0 Å². The molecule has 0 bridgehead atoms. The molecule has 0 radical (unpaired) electrons. The van der Waals surface area contributed by atoms with Gasteiger partial charge in [-0.1, -0.05) is 19.7 Å². The van der Waals surface area contributed by atoms with Crippen molar-refractivity contribution in [3.63, 3.8) is 0 Å². The SMILES string of the molecule is C=CC(=O)OCCCOP(=O)(OCCCOC(=O)C=C)OCCCOC(=O)C=C. The van der Waals surface area contributed by atoms with E-state index < -0.39 is 25.7 Å². The minimum atomic E-state index is -3.91. The molecule has 0 aromatic rings. The molecule has 0 heterocycles. The molecule has 0 N–H and O–H groups in total. The van der Waals surface area contributed by atoms with Gasteiger partial charge in [0.05, 0.1) is 39.6 Å². The zero-order chi connectivity index (χ0) is 22.0. The van der Waals surface area contributed by atoms with E-state index in [1.165, 1.54) is 0 Å². The minimum Gasteiger partial charge on any atom is -0.462 e. The first-order chi connectivity index (χ1) is 13.9. The predicted molar refractivity (Wildman–Crippen MR) is 103 cm³/mol. The number of hydrogen-bond donors (Lipinski definition) is 0. The molecule has 29 heavy (non-hydrogen) atoms. The Hall–Kier alpha value is -2.26. The lowest BCUT2D eigenvalue weighted by atomic mass is 10.5. The van der Waals surface area contributed by atoms with Crippen LogP contribution in [0.5, 0.6) is 0 Å². The average molecular weight is 434 g/mol. The van der Waals surface area contributed by atoms with Crippen LogP contribution in [0.4, 0.5) is 0 Å². The van der Waals surface area contributed by atoms with Gasteiger partial charge in [0.2, 0.25) is 0 Å². The summed E-state index contributed by atoms with van der Waals surface area (Å²) in [5.41, 5.74) is 0. The molecule has 164 valence electrons. The van der Waals surface area contributed by atoms with Crippen molar-refractivity contribution < 1.29 is 46.7 Å². The Morgan fingerprint density at radius 2 is 0.862 bits per heavy atom. The maximum Gasteiger partial charge on any atom is 0.474 e. The van der Waals surface area contributed by atoms with E-state index in [1.807, 2.05) is 0 Å². The Labute approximate surface area is 170 Å². The lowest BCUT2D eigenvalue weighted by Gasteiger charge is -2.18. The summed E-state index contributed by atoms with van der Waals surface area (Å²) in [6.07, 6.45) is 3.83. The van der Waals surface area contributed by atoms with E-state index in [9.17, 15) is 18.9 Å². The third kappa shape index (κ3) is 15.4. The van der Waals surface area contributed by atoms with Gasteiger partial charge in [0, 0.05) is 37.5 Å². The van der Waals surface area contributed by atoms with Crippen LogP contribution in [0.3, 0.4) is 0 Å². The first-order valence-electron chi connectivity index (χ1n) is 8.78. The predicted octanol–water partition coefficient (Wildman–Crippen LogP) is 2.50. The van der Waals surface area contributed by atoms with Gasteiger partial charge in [-0.3, -0.25) is 13.6 Å². The molecule has 0 fully saturated rings. The molecular weight excluding hydrogens is 407 g/mol. The quantitative estimate of drug-likeness (QED) is 0.104.